The second-order valence-electron chi connectivity index (χ2n) is 9.67. The van der Waals surface area contributed by atoms with Crippen LogP contribution in [0, 0.1) is 5.92 Å². The van der Waals surface area contributed by atoms with Crippen molar-refractivity contribution in [3.63, 3.8) is 0 Å². The Morgan fingerprint density at radius 3 is 2.49 bits per heavy atom. The van der Waals surface area contributed by atoms with E-state index in [9.17, 15) is 4.79 Å². The van der Waals surface area contributed by atoms with Crippen LogP contribution in [0.1, 0.15) is 76.7 Å². The van der Waals surface area contributed by atoms with E-state index in [4.69, 9.17) is 30.6 Å². The lowest BCUT2D eigenvalue weighted by Gasteiger charge is -2.33. The van der Waals surface area contributed by atoms with Crippen molar-refractivity contribution in [3.05, 3.63) is 18.0 Å². The maximum atomic E-state index is 11.6. The molecule has 0 saturated heterocycles. The Balaban J connectivity index is 0.000000672. The maximum absolute atomic E-state index is 11.6. The van der Waals surface area contributed by atoms with Crippen LogP contribution in [0.25, 0.3) is 11.0 Å². The van der Waals surface area contributed by atoms with Gasteiger partial charge in [0, 0.05) is 36.7 Å². The summed E-state index contributed by atoms with van der Waals surface area (Å²) in [6.07, 6.45) is 12.1. The molecule has 1 spiro atoms. The first kappa shape index (κ1) is 24.7. The van der Waals surface area contributed by atoms with Gasteiger partial charge in [0.05, 0.1) is 23.0 Å². The Labute approximate surface area is 203 Å². The first-order valence-electron chi connectivity index (χ1n) is 12.4. The van der Waals surface area contributed by atoms with Gasteiger partial charge >= 0.3 is 6.16 Å². The fraction of sp³-hybridized carbons (Fsp3) is 0.625. The molecule has 0 unspecified atom stereocenters. The van der Waals surface area contributed by atoms with Crippen LogP contribution >= 0.6 is 0 Å². The van der Waals surface area contributed by atoms with Crippen LogP contribution in [0.2, 0.25) is 0 Å². The number of carbonyl (C=O) groups is 2. The standard InChI is InChI=1S/C23H32N6O2.CH2O3/c1-2-29-22-18(14-26-29)20(27-16-6-4-3-5-7-16)17(13-25-22)19-12-23(31-28-19)10-8-15(9-11-23)21(24)30;2-1(3)4/h13-16H,2-12H2,1H3,(H2,24,30)(H,25,27);(H2,2,3,4). The third-order valence-electron chi connectivity index (χ3n) is 7.37. The normalized spacial score (nSPS) is 24.4. The molecule has 35 heavy (non-hydrogen) atoms. The molecule has 2 aromatic heterocycles. The number of hydrogen-bond donors (Lipinski definition) is 4. The van der Waals surface area contributed by atoms with Crippen molar-refractivity contribution in [1.82, 2.24) is 14.8 Å². The molecule has 0 aromatic carbocycles. The smallest absolute Gasteiger partial charge is 0.450 e. The molecule has 5 rings (SSSR count). The molecular weight excluding hydrogens is 452 g/mol. The molecular formula is C24H34N6O5. The van der Waals surface area contributed by atoms with Crippen LogP contribution in [0.5, 0.6) is 0 Å². The van der Waals surface area contributed by atoms with Gasteiger partial charge in [-0.3, -0.25) is 4.79 Å². The fourth-order valence-electron chi connectivity index (χ4n) is 5.45. The lowest BCUT2D eigenvalue weighted by Crippen LogP contribution is -2.38. The third kappa shape index (κ3) is 5.49. The second-order valence-corrected chi connectivity index (χ2v) is 9.67. The molecule has 0 atom stereocenters. The Kier molecular flexibility index (Phi) is 7.42. The van der Waals surface area contributed by atoms with Crippen molar-refractivity contribution in [2.45, 2.75) is 89.3 Å². The van der Waals surface area contributed by atoms with Crippen LogP contribution in [-0.2, 0) is 16.2 Å². The molecule has 11 nitrogen and oxygen atoms in total. The number of amides is 1. The van der Waals surface area contributed by atoms with E-state index < -0.39 is 6.16 Å². The van der Waals surface area contributed by atoms with Crippen LogP contribution in [0.4, 0.5) is 10.5 Å². The van der Waals surface area contributed by atoms with Gasteiger partial charge in [0.1, 0.15) is 5.60 Å². The molecule has 0 bridgehead atoms. The number of carbonyl (C=O) groups excluding carboxylic acids is 1. The molecule has 5 N–H and O–H groups in total. The van der Waals surface area contributed by atoms with E-state index in [0.29, 0.717) is 6.04 Å². The van der Waals surface area contributed by atoms with E-state index >= 15 is 0 Å². The molecule has 2 fully saturated rings. The first-order chi connectivity index (χ1) is 16.8. The highest BCUT2D eigenvalue weighted by Gasteiger charge is 2.44. The zero-order valence-electron chi connectivity index (χ0n) is 20.1. The summed E-state index contributed by atoms with van der Waals surface area (Å²) in [5.41, 5.74) is 9.15. The van der Waals surface area contributed by atoms with Crippen LogP contribution < -0.4 is 11.1 Å². The van der Waals surface area contributed by atoms with Gasteiger partial charge in [0.2, 0.25) is 5.91 Å². The van der Waals surface area contributed by atoms with E-state index in [2.05, 4.69) is 22.5 Å². The van der Waals surface area contributed by atoms with Crippen molar-refractivity contribution in [1.29, 1.82) is 0 Å². The van der Waals surface area contributed by atoms with Gasteiger partial charge < -0.3 is 26.1 Å². The molecule has 1 aliphatic heterocycles. The largest absolute Gasteiger partial charge is 0.503 e. The number of aromatic nitrogens is 3. The number of rotatable bonds is 5. The number of hydrogen-bond acceptors (Lipinski definition) is 7. The second kappa shape index (κ2) is 10.5. The van der Waals surface area contributed by atoms with Crippen molar-refractivity contribution in [2.75, 3.05) is 5.32 Å². The topological polar surface area (TPSA) is 165 Å². The average molecular weight is 487 g/mol. The molecule has 2 saturated carbocycles. The number of carboxylic acid groups (broad SMARTS) is 2. The number of nitrogens with two attached hydrogens (primary N) is 1. The summed E-state index contributed by atoms with van der Waals surface area (Å²) in [7, 11) is 0. The van der Waals surface area contributed by atoms with Crippen molar-refractivity contribution < 1.29 is 24.6 Å². The van der Waals surface area contributed by atoms with Crippen LogP contribution in [0.3, 0.4) is 0 Å². The van der Waals surface area contributed by atoms with Crippen molar-refractivity contribution >= 4 is 34.5 Å². The lowest BCUT2D eigenvalue weighted by atomic mass is 9.76. The minimum atomic E-state index is -1.83. The van der Waals surface area contributed by atoms with Gasteiger partial charge in [-0.15, -0.1) is 0 Å². The number of pyridine rings is 1. The van der Waals surface area contributed by atoms with Gasteiger partial charge in [0.15, 0.2) is 5.65 Å². The summed E-state index contributed by atoms with van der Waals surface area (Å²) >= 11 is 0. The summed E-state index contributed by atoms with van der Waals surface area (Å²) in [5.74, 6) is -0.241. The van der Waals surface area contributed by atoms with Crippen LogP contribution in [0.15, 0.2) is 17.5 Å². The Morgan fingerprint density at radius 2 is 1.86 bits per heavy atom. The number of oxime groups is 1. The predicted octanol–water partition coefficient (Wildman–Crippen LogP) is 3.96. The summed E-state index contributed by atoms with van der Waals surface area (Å²) in [5, 5.41) is 27.9. The third-order valence-corrected chi connectivity index (χ3v) is 7.37. The molecule has 2 aliphatic carbocycles. The Morgan fingerprint density at radius 1 is 1.17 bits per heavy atom. The zero-order chi connectivity index (χ0) is 25.0. The van der Waals surface area contributed by atoms with E-state index in [1.165, 1.54) is 32.1 Å². The zero-order valence-corrected chi connectivity index (χ0v) is 20.1. The van der Waals surface area contributed by atoms with Crippen molar-refractivity contribution in [3.8, 4) is 0 Å². The highest BCUT2D eigenvalue weighted by Crippen LogP contribution is 2.43. The van der Waals surface area contributed by atoms with Gasteiger partial charge in [-0.25, -0.2) is 14.5 Å². The highest BCUT2D eigenvalue weighted by atomic mass is 16.7. The fourth-order valence-corrected chi connectivity index (χ4v) is 5.45. The van der Waals surface area contributed by atoms with Crippen molar-refractivity contribution in [2.24, 2.45) is 16.8 Å². The number of nitrogens with one attached hydrogen (secondary N) is 1. The molecule has 3 aliphatic rings. The molecule has 0 radical (unpaired) electrons. The van der Waals surface area contributed by atoms with Gasteiger partial charge in [0.25, 0.3) is 0 Å². The monoisotopic (exact) mass is 486 g/mol. The summed E-state index contributed by atoms with van der Waals surface area (Å²) < 4.78 is 1.94. The first-order valence-corrected chi connectivity index (χ1v) is 12.4. The number of primary amides is 1. The highest BCUT2D eigenvalue weighted by molar-refractivity contribution is 6.10. The maximum Gasteiger partial charge on any atom is 0.503 e. The summed E-state index contributed by atoms with van der Waals surface area (Å²) in [6.45, 7) is 2.87. The van der Waals surface area contributed by atoms with E-state index in [1.807, 2.05) is 17.1 Å². The average Bonchev–Trinajstić information content (AvgIpc) is 3.44. The van der Waals surface area contributed by atoms with E-state index in [0.717, 1.165) is 66.6 Å². The lowest BCUT2D eigenvalue weighted by molar-refractivity contribution is -0.125. The van der Waals surface area contributed by atoms with E-state index in [1.54, 1.807) is 0 Å². The van der Waals surface area contributed by atoms with Gasteiger partial charge in [-0.05, 0) is 45.4 Å². The minimum Gasteiger partial charge on any atom is -0.450 e. The molecule has 11 heteroatoms. The predicted molar refractivity (Wildman–Crippen MR) is 130 cm³/mol. The van der Waals surface area contributed by atoms with Gasteiger partial charge in [-0.1, -0.05) is 24.4 Å². The molecule has 2 aromatic rings. The molecule has 3 heterocycles. The SMILES string of the molecule is CCn1ncc2c(NC3CCCCC3)c(C3=NOC4(CCC(C(N)=O)CC4)C3)cnc21.O=C(O)O. The minimum absolute atomic E-state index is 0.0419. The summed E-state index contributed by atoms with van der Waals surface area (Å²) in [6, 6.07) is 0.464. The summed E-state index contributed by atoms with van der Waals surface area (Å²) in [4.78, 5) is 30.9. The molecule has 1 amide bonds. The van der Waals surface area contributed by atoms with Crippen LogP contribution in [-0.4, -0.2) is 54.4 Å². The van der Waals surface area contributed by atoms with E-state index in [-0.39, 0.29) is 17.4 Å². The number of fused-ring (bicyclic) bond motifs is 1. The number of anilines is 1. The number of aryl methyl sites for hydroxylation is 1. The number of nitrogens with zero attached hydrogens (tertiary/aromatic N) is 4. The molecule has 190 valence electrons. The van der Waals surface area contributed by atoms with Gasteiger partial charge in [-0.2, -0.15) is 5.10 Å². The Hall–Kier alpha value is -3.37. The quantitative estimate of drug-likeness (QED) is 0.493. The Bertz CT molecular complexity index is 1100.